The summed E-state index contributed by atoms with van der Waals surface area (Å²) in [6.07, 6.45) is 7.91. The maximum absolute atomic E-state index is 13.9. The summed E-state index contributed by atoms with van der Waals surface area (Å²) in [4.78, 5) is 20.3. The molecule has 3 aliphatic rings. The quantitative estimate of drug-likeness (QED) is 0.696. The van der Waals surface area contributed by atoms with Crippen LogP contribution in [0.4, 0.5) is 5.69 Å². The minimum Gasteiger partial charge on any atom is -0.493 e. The lowest BCUT2D eigenvalue weighted by Gasteiger charge is -2.32. The zero-order valence-electron chi connectivity index (χ0n) is 16.9. The Morgan fingerprint density at radius 1 is 1.17 bits per heavy atom. The van der Waals surface area contributed by atoms with E-state index in [1.807, 2.05) is 36.4 Å². The number of nitrogens with two attached hydrogens (primary N) is 1. The number of para-hydroxylation sites is 1. The van der Waals surface area contributed by atoms with Gasteiger partial charge >= 0.3 is 0 Å². The molecule has 2 heterocycles. The zero-order valence-corrected chi connectivity index (χ0v) is 18.5. The Morgan fingerprint density at radius 3 is 2.80 bits per heavy atom. The number of nitrogens with zero attached hydrogens (tertiary/aromatic N) is 2. The molecule has 2 aromatic carbocycles. The summed E-state index contributed by atoms with van der Waals surface area (Å²) in [5.74, 6) is 1.55. The van der Waals surface area contributed by atoms with Crippen LogP contribution in [0.3, 0.4) is 0 Å². The van der Waals surface area contributed by atoms with Crippen LogP contribution in [0.25, 0.3) is 0 Å². The van der Waals surface area contributed by atoms with Crippen molar-refractivity contribution in [3.05, 3.63) is 58.1 Å². The van der Waals surface area contributed by atoms with Crippen molar-refractivity contribution in [2.24, 2.45) is 16.6 Å². The average Bonchev–Trinajstić information content (AvgIpc) is 3.00. The fraction of sp³-hybridized carbons (Fsp3) is 0.417. The lowest BCUT2D eigenvalue weighted by Crippen LogP contribution is -2.45. The summed E-state index contributed by atoms with van der Waals surface area (Å²) in [6.45, 7) is 0.439. The minimum atomic E-state index is -1.01. The third-order valence-corrected chi connectivity index (χ3v) is 7.16. The summed E-state index contributed by atoms with van der Waals surface area (Å²) in [5, 5.41) is 0. The standard InChI is InChI=1S/C24H26BrN3O2/c25-18-10-11-21-19(15-18)24(12-13-30-21)22(29)28(23(26)27-24)20-9-5-4-8-17(20)14-16-6-2-1-3-7-16/h4-5,8-11,15-16H,1-3,6-7,12-14H2,(H2,26,27). The van der Waals surface area contributed by atoms with Crippen LogP contribution in [-0.2, 0) is 16.8 Å². The molecule has 156 valence electrons. The molecule has 1 unspecified atom stereocenters. The molecular weight excluding hydrogens is 442 g/mol. The lowest BCUT2D eigenvalue weighted by atomic mass is 9.83. The first-order valence-electron chi connectivity index (χ1n) is 10.8. The first-order valence-corrected chi connectivity index (χ1v) is 11.6. The summed E-state index contributed by atoms with van der Waals surface area (Å²) in [5.41, 5.74) is 8.22. The van der Waals surface area contributed by atoms with Gasteiger partial charge in [-0.3, -0.25) is 4.79 Å². The SMILES string of the molecule is NC1=NC2(CCOc3ccc(Br)cc32)C(=O)N1c1ccccc1CC1CCCCC1. The van der Waals surface area contributed by atoms with Crippen LogP contribution >= 0.6 is 15.9 Å². The number of fused-ring (bicyclic) bond motifs is 2. The molecule has 6 heteroatoms. The fourth-order valence-electron chi connectivity index (χ4n) is 5.15. The molecule has 2 aliphatic heterocycles. The molecule has 1 saturated carbocycles. The molecule has 0 bridgehead atoms. The molecule has 1 atom stereocenters. The van der Waals surface area contributed by atoms with Crippen molar-refractivity contribution >= 4 is 33.5 Å². The largest absolute Gasteiger partial charge is 0.493 e. The number of hydrogen-bond acceptors (Lipinski definition) is 4. The van der Waals surface area contributed by atoms with Crippen LogP contribution in [0.1, 0.15) is 49.7 Å². The highest BCUT2D eigenvalue weighted by atomic mass is 79.9. The predicted octanol–water partition coefficient (Wildman–Crippen LogP) is 4.91. The topological polar surface area (TPSA) is 67.9 Å². The van der Waals surface area contributed by atoms with Crippen LogP contribution in [-0.4, -0.2) is 18.5 Å². The van der Waals surface area contributed by atoms with Crippen LogP contribution in [0, 0.1) is 5.92 Å². The second-order valence-electron chi connectivity index (χ2n) is 8.55. The van der Waals surface area contributed by atoms with Gasteiger partial charge in [-0.2, -0.15) is 0 Å². The van der Waals surface area contributed by atoms with E-state index in [2.05, 4.69) is 22.0 Å². The molecule has 0 radical (unpaired) electrons. The molecule has 5 rings (SSSR count). The van der Waals surface area contributed by atoms with E-state index in [1.54, 1.807) is 4.90 Å². The van der Waals surface area contributed by atoms with Gasteiger partial charge in [-0.05, 0) is 42.2 Å². The number of anilines is 1. The highest BCUT2D eigenvalue weighted by Crippen LogP contribution is 2.46. The smallest absolute Gasteiger partial charge is 0.266 e. The third kappa shape index (κ3) is 3.22. The second kappa shape index (κ2) is 7.73. The van der Waals surface area contributed by atoms with Gasteiger partial charge < -0.3 is 10.5 Å². The van der Waals surface area contributed by atoms with Crippen molar-refractivity contribution in [1.82, 2.24) is 0 Å². The number of guanidine groups is 1. The number of carbonyl (C=O) groups is 1. The van der Waals surface area contributed by atoms with E-state index >= 15 is 0 Å². The Labute approximate surface area is 185 Å². The van der Waals surface area contributed by atoms with Crippen molar-refractivity contribution in [2.45, 2.75) is 50.5 Å². The molecule has 1 aliphatic carbocycles. The number of rotatable bonds is 3. The van der Waals surface area contributed by atoms with Crippen LogP contribution in [0.15, 0.2) is 51.9 Å². The number of aliphatic imine (C=N–C) groups is 1. The molecule has 5 nitrogen and oxygen atoms in total. The number of hydrogen-bond donors (Lipinski definition) is 1. The molecular formula is C24H26BrN3O2. The van der Waals surface area contributed by atoms with Gasteiger partial charge in [-0.15, -0.1) is 0 Å². The van der Waals surface area contributed by atoms with Gasteiger partial charge in [0.2, 0.25) is 5.96 Å². The van der Waals surface area contributed by atoms with Gasteiger partial charge in [0.25, 0.3) is 5.91 Å². The Bertz CT molecular complexity index is 1020. The summed E-state index contributed by atoms with van der Waals surface area (Å²) in [7, 11) is 0. The minimum absolute atomic E-state index is 0.0845. The van der Waals surface area contributed by atoms with Crippen molar-refractivity contribution < 1.29 is 9.53 Å². The third-order valence-electron chi connectivity index (χ3n) is 6.67. The number of benzene rings is 2. The summed E-state index contributed by atoms with van der Waals surface area (Å²) >= 11 is 3.52. The van der Waals surface area contributed by atoms with Crippen LogP contribution in [0.2, 0.25) is 0 Å². The Morgan fingerprint density at radius 2 is 1.97 bits per heavy atom. The zero-order chi connectivity index (χ0) is 20.7. The Kier molecular flexibility index (Phi) is 5.05. The van der Waals surface area contributed by atoms with Gasteiger partial charge in [-0.25, -0.2) is 9.89 Å². The average molecular weight is 468 g/mol. The monoisotopic (exact) mass is 467 g/mol. The molecule has 1 amide bonds. The van der Waals surface area contributed by atoms with Crippen molar-refractivity contribution in [2.75, 3.05) is 11.5 Å². The van der Waals surface area contributed by atoms with E-state index < -0.39 is 5.54 Å². The highest BCUT2D eigenvalue weighted by Gasteiger charge is 2.53. The first-order chi connectivity index (χ1) is 14.6. The van der Waals surface area contributed by atoms with E-state index in [4.69, 9.17) is 15.5 Å². The van der Waals surface area contributed by atoms with Gasteiger partial charge in [0.05, 0.1) is 12.3 Å². The van der Waals surface area contributed by atoms with Gasteiger partial charge in [0.15, 0.2) is 5.54 Å². The normalized spacial score (nSPS) is 24.0. The molecule has 0 aromatic heterocycles. The maximum Gasteiger partial charge on any atom is 0.266 e. The molecule has 30 heavy (non-hydrogen) atoms. The predicted molar refractivity (Wildman–Crippen MR) is 122 cm³/mol. The van der Waals surface area contributed by atoms with E-state index in [9.17, 15) is 4.79 Å². The number of amides is 1. The maximum atomic E-state index is 13.9. The van der Waals surface area contributed by atoms with Crippen molar-refractivity contribution in [1.29, 1.82) is 0 Å². The van der Waals surface area contributed by atoms with E-state index in [0.717, 1.165) is 22.1 Å². The van der Waals surface area contributed by atoms with Crippen molar-refractivity contribution in [3.8, 4) is 5.75 Å². The van der Waals surface area contributed by atoms with Crippen LogP contribution < -0.4 is 15.4 Å². The molecule has 2 aromatic rings. The summed E-state index contributed by atoms with van der Waals surface area (Å²) in [6, 6.07) is 13.9. The van der Waals surface area contributed by atoms with E-state index in [0.29, 0.717) is 24.7 Å². The fourth-order valence-corrected chi connectivity index (χ4v) is 5.51. The first kappa shape index (κ1) is 19.6. The molecule has 1 spiro atoms. The molecule has 0 saturated heterocycles. The van der Waals surface area contributed by atoms with Crippen LogP contribution in [0.5, 0.6) is 5.75 Å². The molecule has 1 fully saturated rings. The van der Waals surface area contributed by atoms with Gasteiger partial charge in [0, 0.05) is 16.5 Å². The van der Waals surface area contributed by atoms with Gasteiger partial charge in [-0.1, -0.05) is 66.2 Å². The molecule has 2 N–H and O–H groups in total. The lowest BCUT2D eigenvalue weighted by molar-refractivity contribution is -0.123. The van der Waals surface area contributed by atoms with Crippen molar-refractivity contribution in [3.63, 3.8) is 0 Å². The van der Waals surface area contributed by atoms with E-state index in [1.165, 1.54) is 37.7 Å². The van der Waals surface area contributed by atoms with Gasteiger partial charge in [0.1, 0.15) is 5.75 Å². The second-order valence-corrected chi connectivity index (χ2v) is 9.46. The number of carbonyl (C=O) groups excluding carboxylic acids is 1. The van der Waals surface area contributed by atoms with E-state index in [-0.39, 0.29) is 11.9 Å². The number of halogens is 1. The summed E-state index contributed by atoms with van der Waals surface area (Å²) < 4.78 is 6.70. The Hall–Kier alpha value is -2.34. The highest BCUT2D eigenvalue weighted by molar-refractivity contribution is 9.10. The Balaban J connectivity index is 1.53. The number of ether oxygens (including phenoxy) is 1.